The van der Waals surface area contributed by atoms with Gasteiger partial charge in [0.2, 0.25) is 0 Å². The SMILES string of the molecule is CCOC(=O)C(O)c1ccc(F)c(Cl)c1F. The maximum atomic E-state index is 13.4. The van der Waals surface area contributed by atoms with Gasteiger partial charge in [-0.2, -0.15) is 0 Å². The van der Waals surface area contributed by atoms with Crippen molar-refractivity contribution in [1.29, 1.82) is 0 Å². The van der Waals surface area contributed by atoms with Crippen LogP contribution >= 0.6 is 11.6 Å². The van der Waals surface area contributed by atoms with Gasteiger partial charge >= 0.3 is 5.97 Å². The Morgan fingerprint density at radius 3 is 2.75 bits per heavy atom. The van der Waals surface area contributed by atoms with Crippen LogP contribution in [0.2, 0.25) is 5.02 Å². The van der Waals surface area contributed by atoms with Gasteiger partial charge in [-0.25, -0.2) is 13.6 Å². The molecule has 88 valence electrons. The van der Waals surface area contributed by atoms with E-state index in [9.17, 15) is 18.7 Å². The highest BCUT2D eigenvalue weighted by Gasteiger charge is 2.24. The molecule has 0 radical (unpaired) electrons. The molecule has 0 amide bonds. The summed E-state index contributed by atoms with van der Waals surface area (Å²) in [6.45, 7) is 1.59. The molecule has 0 aliphatic carbocycles. The van der Waals surface area contributed by atoms with Gasteiger partial charge in [-0.05, 0) is 19.1 Å². The number of hydrogen-bond acceptors (Lipinski definition) is 3. The van der Waals surface area contributed by atoms with E-state index in [1.54, 1.807) is 6.92 Å². The van der Waals surface area contributed by atoms with E-state index in [0.717, 1.165) is 12.1 Å². The van der Waals surface area contributed by atoms with E-state index in [2.05, 4.69) is 4.74 Å². The first-order chi connectivity index (χ1) is 7.49. The minimum Gasteiger partial charge on any atom is -0.464 e. The molecule has 6 heteroatoms. The summed E-state index contributed by atoms with van der Waals surface area (Å²) in [5.74, 6) is -3.13. The van der Waals surface area contributed by atoms with Crippen LogP contribution in [0.4, 0.5) is 8.78 Å². The largest absolute Gasteiger partial charge is 0.464 e. The summed E-state index contributed by atoms with van der Waals surface area (Å²) in [5, 5.41) is 8.66. The summed E-state index contributed by atoms with van der Waals surface area (Å²) in [5.41, 5.74) is -0.412. The minimum absolute atomic E-state index is 0.0481. The molecule has 16 heavy (non-hydrogen) atoms. The molecule has 0 fully saturated rings. The van der Waals surface area contributed by atoms with Crippen LogP contribution in [0.3, 0.4) is 0 Å². The Morgan fingerprint density at radius 1 is 1.56 bits per heavy atom. The fraction of sp³-hybridized carbons (Fsp3) is 0.300. The quantitative estimate of drug-likeness (QED) is 0.661. The smallest absolute Gasteiger partial charge is 0.339 e. The number of aliphatic hydroxyl groups is 1. The third kappa shape index (κ3) is 2.48. The molecule has 0 bridgehead atoms. The lowest BCUT2D eigenvalue weighted by Crippen LogP contribution is -2.17. The monoisotopic (exact) mass is 250 g/mol. The molecule has 0 saturated heterocycles. The van der Waals surface area contributed by atoms with E-state index < -0.39 is 34.3 Å². The number of esters is 1. The van der Waals surface area contributed by atoms with Crippen LogP contribution < -0.4 is 0 Å². The van der Waals surface area contributed by atoms with Gasteiger partial charge in [0.1, 0.15) is 10.8 Å². The summed E-state index contributed by atoms with van der Waals surface area (Å²) in [6, 6.07) is 1.81. The number of carbonyl (C=O) groups excluding carboxylic acids is 1. The zero-order valence-electron chi connectivity index (χ0n) is 8.34. The molecular weight excluding hydrogens is 242 g/mol. The first-order valence-electron chi connectivity index (χ1n) is 4.47. The molecule has 1 aromatic carbocycles. The number of benzene rings is 1. The number of ether oxygens (including phenoxy) is 1. The second-order valence-electron chi connectivity index (χ2n) is 2.92. The number of aliphatic hydroxyl groups excluding tert-OH is 1. The molecule has 1 rings (SSSR count). The molecule has 3 nitrogen and oxygen atoms in total. The van der Waals surface area contributed by atoms with Crippen molar-refractivity contribution in [2.45, 2.75) is 13.0 Å². The molecule has 1 atom stereocenters. The molecule has 1 N–H and O–H groups in total. The molecule has 0 aromatic heterocycles. The van der Waals surface area contributed by atoms with Gasteiger partial charge in [0.15, 0.2) is 11.9 Å². The second-order valence-corrected chi connectivity index (χ2v) is 3.30. The Bertz CT molecular complexity index is 409. The predicted molar refractivity (Wildman–Crippen MR) is 53.0 cm³/mol. The van der Waals surface area contributed by atoms with E-state index in [1.807, 2.05) is 0 Å². The third-order valence-electron chi connectivity index (χ3n) is 1.87. The highest BCUT2D eigenvalue weighted by atomic mass is 35.5. The highest BCUT2D eigenvalue weighted by molar-refractivity contribution is 6.31. The number of halogens is 3. The van der Waals surface area contributed by atoms with E-state index in [1.165, 1.54) is 0 Å². The molecular formula is C10H9ClF2O3. The van der Waals surface area contributed by atoms with Gasteiger partial charge in [0, 0.05) is 5.56 Å². The first kappa shape index (κ1) is 12.9. The van der Waals surface area contributed by atoms with Gasteiger partial charge in [-0.3, -0.25) is 0 Å². The second kappa shape index (κ2) is 5.23. The summed E-state index contributed by atoms with van der Waals surface area (Å²) in [4.78, 5) is 11.1. The molecule has 1 unspecified atom stereocenters. The van der Waals surface area contributed by atoms with Gasteiger partial charge in [0.05, 0.1) is 6.61 Å². The summed E-state index contributed by atoms with van der Waals surface area (Å²) in [7, 11) is 0. The molecule has 0 heterocycles. The van der Waals surface area contributed by atoms with E-state index in [0.29, 0.717) is 0 Å². The lowest BCUT2D eigenvalue weighted by Gasteiger charge is -2.11. The molecule has 0 aliphatic heterocycles. The summed E-state index contributed by atoms with van der Waals surface area (Å²) < 4.78 is 30.7. The van der Waals surface area contributed by atoms with Crippen LogP contribution in [0.15, 0.2) is 12.1 Å². The topological polar surface area (TPSA) is 46.5 Å². The van der Waals surface area contributed by atoms with Crippen LogP contribution in [0.25, 0.3) is 0 Å². The van der Waals surface area contributed by atoms with Crippen molar-refractivity contribution in [2.24, 2.45) is 0 Å². The highest BCUT2D eigenvalue weighted by Crippen LogP contribution is 2.26. The lowest BCUT2D eigenvalue weighted by atomic mass is 10.1. The third-order valence-corrected chi connectivity index (χ3v) is 2.22. The van der Waals surface area contributed by atoms with Crippen molar-refractivity contribution >= 4 is 17.6 Å². The maximum Gasteiger partial charge on any atom is 0.339 e. The fourth-order valence-electron chi connectivity index (χ4n) is 1.10. The fourth-order valence-corrected chi connectivity index (χ4v) is 1.27. The van der Waals surface area contributed by atoms with Gasteiger partial charge in [-0.15, -0.1) is 0 Å². The first-order valence-corrected chi connectivity index (χ1v) is 4.85. The lowest BCUT2D eigenvalue weighted by molar-refractivity contribution is -0.153. The Morgan fingerprint density at radius 2 is 2.19 bits per heavy atom. The van der Waals surface area contributed by atoms with E-state index in [4.69, 9.17) is 11.6 Å². The van der Waals surface area contributed by atoms with E-state index >= 15 is 0 Å². The molecule has 1 aromatic rings. The Labute approximate surface area is 95.6 Å². The van der Waals surface area contributed by atoms with Crippen LogP contribution in [-0.4, -0.2) is 17.7 Å². The van der Waals surface area contributed by atoms with Crippen LogP contribution in [0.5, 0.6) is 0 Å². The zero-order chi connectivity index (χ0) is 12.3. The standard InChI is InChI=1S/C10H9ClF2O3/c1-2-16-10(15)9(14)5-3-4-6(12)7(11)8(5)13/h3-4,9,14H,2H2,1H3. The normalized spacial score (nSPS) is 12.3. The maximum absolute atomic E-state index is 13.4. The van der Waals surface area contributed by atoms with Gasteiger partial charge < -0.3 is 9.84 Å². The Kier molecular flexibility index (Phi) is 4.20. The number of hydrogen-bond donors (Lipinski definition) is 1. The van der Waals surface area contributed by atoms with E-state index in [-0.39, 0.29) is 6.61 Å². The predicted octanol–water partition coefficient (Wildman–Crippen LogP) is 2.21. The molecule has 0 saturated carbocycles. The van der Waals surface area contributed by atoms with Crippen molar-refractivity contribution in [3.63, 3.8) is 0 Å². The van der Waals surface area contributed by atoms with Crippen molar-refractivity contribution < 1.29 is 23.4 Å². The van der Waals surface area contributed by atoms with Crippen LogP contribution in [0, 0.1) is 11.6 Å². The molecule has 0 spiro atoms. The van der Waals surface area contributed by atoms with Crippen molar-refractivity contribution in [3.05, 3.63) is 34.4 Å². The van der Waals surface area contributed by atoms with Crippen LogP contribution in [0.1, 0.15) is 18.6 Å². The minimum atomic E-state index is -1.81. The average molecular weight is 251 g/mol. The average Bonchev–Trinajstić information content (AvgIpc) is 2.26. The number of rotatable bonds is 3. The van der Waals surface area contributed by atoms with Gasteiger partial charge in [-0.1, -0.05) is 11.6 Å². The van der Waals surface area contributed by atoms with Crippen molar-refractivity contribution in [3.8, 4) is 0 Å². The van der Waals surface area contributed by atoms with Crippen LogP contribution in [-0.2, 0) is 9.53 Å². The molecule has 0 aliphatic rings. The number of carbonyl (C=O) groups is 1. The Balaban J connectivity index is 3.05. The zero-order valence-corrected chi connectivity index (χ0v) is 9.09. The summed E-state index contributed by atoms with van der Waals surface area (Å²) >= 11 is 5.30. The van der Waals surface area contributed by atoms with Gasteiger partial charge in [0.25, 0.3) is 0 Å². The summed E-state index contributed by atoms with van der Waals surface area (Å²) in [6.07, 6.45) is -1.81. The van der Waals surface area contributed by atoms with Crippen molar-refractivity contribution in [1.82, 2.24) is 0 Å². The Hall–Kier alpha value is -1.20. The van der Waals surface area contributed by atoms with Crippen molar-refractivity contribution in [2.75, 3.05) is 6.61 Å².